The van der Waals surface area contributed by atoms with Crippen LogP contribution in [0.5, 0.6) is 11.5 Å². The Morgan fingerprint density at radius 2 is 2.00 bits per heavy atom. The SMILES string of the molecule is O=C(O)c1cc(OCc2cccc(Cl)c2)ccc1O. The summed E-state index contributed by atoms with van der Waals surface area (Å²) in [6.07, 6.45) is 0. The minimum atomic E-state index is -1.20. The van der Waals surface area contributed by atoms with E-state index >= 15 is 0 Å². The molecule has 5 heteroatoms. The zero-order valence-electron chi connectivity index (χ0n) is 9.84. The molecular formula is C14H11ClO4. The summed E-state index contributed by atoms with van der Waals surface area (Å²) in [6, 6.07) is 11.3. The number of ether oxygens (including phenoxy) is 1. The number of phenols is 1. The van der Waals surface area contributed by atoms with Crippen molar-refractivity contribution in [2.24, 2.45) is 0 Å². The molecule has 0 saturated carbocycles. The second kappa shape index (κ2) is 5.63. The van der Waals surface area contributed by atoms with Crippen LogP contribution in [0.2, 0.25) is 5.02 Å². The highest BCUT2D eigenvalue weighted by Crippen LogP contribution is 2.24. The molecule has 0 unspecified atom stereocenters. The van der Waals surface area contributed by atoms with Gasteiger partial charge in [-0.15, -0.1) is 0 Å². The first-order valence-corrected chi connectivity index (χ1v) is 5.87. The van der Waals surface area contributed by atoms with Crippen LogP contribution in [0.3, 0.4) is 0 Å². The maximum Gasteiger partial charge on any atom is 0.339 e. The summed E-state index contributed by atoms with van der Waals surface area (Å²) in [6.45, 7) is 0.268. The van der Waals surface area contributed by atoms with Gasteiger partial charge in [-0.2, -0.15) is 0 Å². The molecule has 98 valence electrons. The summed E-state index contributed by atoms with van der Waals surface area (Å²) in [5.74, 6) is -1.12. The molecule has 0 amide bonds. The lowest BCUT2D eigenvalue weighted by Crippen LogP contribution is -1.99. The first-order valence-electron chi connectivity index (χ1n) is 5.50. The van der Waals surface area contributed by atoms with Crippen LogP contribution < -0.4 is 4.74 Å². The molecule has 0 aliphatic heterocycles. The van der Waals surface area contributed by atoms with Crippen molar-refractivity contribution < 1.29 is 19.7 Å². The highest BCUT2D eigenvalue weighted by atomic mass is 35.5. The van der Waals surface area contributed by atoms with Gasteiger partial charge in [-0.1, -0.05) is 23.7 Å². The van der Waals surface area contributed by atoms with E-state index in [0.29, 0.717) is 10.8 Å². The quantitative estimate of drug-likeness (QED) is 0.900. The summed E-state index contributed by atoms with van der Waals surface area (Å²) in [7, 11) is 0. The van der Waals surface area contributed by atoms with E-state index in [0.717, 1.165) is 5.56 Å². The number of hydrogen-bond donors (Lipinski definition) is 2. The number of rotatable bonds is 4. The Morgan fingerprint density at radius 1 is 1.21 bits per heavy atom. The van der Waals surface area contributed by atoms with Gasteiger partial charge >= 0.3 is 5.97 Å². The summed E-state index contributed by atoms with van der Waals surface area (Å²) in [5, 5.41) is 18.9. The highest BCUT2D eigenvalue weighted by molar-refractivity contribution is 6.30. The van der Waals surface area contributed by atoms with Gasteiger partial charge in [0.05, 0.1) is 0 Å². The van der Waals surface area contributed by atoms with Crippen LogP contribution in [0.25, 0.3) is 0 Å². The van der Waals surface area contributed by atoms with Crippen molar-refractivity contribution in [3.63, 3.8) is 0 Å². The molecule has 0 spiro atoms. The van der Waals surface area contributed by atoms with Crippen molar-refractivity contribution in [2.75, 3.05) is 0 Å². The van der Waals surface area contributed by atoms with Gasteiger partial charge in [0.2, 0.25) is 0 Å². The van der Waals surface area contributed by atoms with E-state index < -0.39 is 5.97 Å². The number of carboxylic acid groups (broad SMARTS) is 1. The second-order valence-corrected chi connectivity index (χ2v) is 4.34. The Labute approximate surface area is 114 Å². The summed E-state index contributed by atoms with van der Waals surface area (Å²) in [4.78, 5) is 10.9. The van der Waals surface area contributed by atoms with Gasteiger partial charge in [0.1, 0.15) is 23.7 Å². The molecule has 0 fully saturated rings. The molecule has 0 heterocycles. The molecular weight excluding hydrogens is 268 g/mol. The Morgan fingerprint density at radius 3 is 2.68 bits per heavy atom. The van der Waals surface area contributed by atoms with Crippen molar-refractivity contribution >= 4 is 17.6 Å². The van der Waals surface area contributed by atoms with Gasteiger partial charge in [0.25, 0.3) is 0 Å². The van der Waals surface area contributed by atoms with Crippen molar-refractivity contribution in [3.05, 3.63) is 58.6 Å². The summed E-state index contributed by atoms with van der Waals surface area (Å²) < 4.78 is 5.46. The molecule has 0 aliphatic carbocycles. The molecule has 2 aromatic carbocycles. The molecule has 2 aromatic rings. The fourth-order valence-corrected chi connectivity index (χ4v) is 1.78. The van der Waals surface area contributed by atoms with E-state index in [1.807, 2.05) is 6.07 Å². The van der Waals surface area contributed by atoms with E-state index in [1.165, 1.54) is 18.2 Å². The van der Waals surface area contributed by atoms with Crippen molar-refractivity contribution in [3.8, 4) is 11.5 Å². The van der Waals surface area contributed by atoms with E-state index in [9.17, 15) is 9.90 Å². The number of carboxylic acids is 1. The lowest BCUT2D eigenvalue weighted by molar-refractivity contribution is 0.0693. The van der Waals surface area contributed by atoms with Gasteiger partial charge in [-0.05, 0) is 35.9 Å². The van der Waals surface area contributed by atoms with Crippen LogP contribution in [-0.4, -0.2) is 16.2 Å². The fourth-order valence-electron chi connectivity index (χ4n) is 1.57. The average Bonchev–Trinajstić information content (AvgIpc) is 2.37. The van der Waals surface area contributed by atoms with E-state index in [4.69, 9.17) is 21.4 Å². The topological polar surface area (TPSA) is 66.8 Å². The van der Waals surface area contributed by atoms with Crippen LogP contribution in [-0.2, 0) is 6.61 Å². The maximum absolute atomic E-state index is 10.9. The Balaban J connectivity index is 2.12. The van der Waals surface area contributed by atoms with Crippen LogP contribution in [0.1, 0.15) is 15.9 Å². The molecule has 0 bridgehead atoms. The number of carbonyl (C=O) groups is 1. The minimum Gasteiger partial charge on any atom is -0.507 e. The van der Waals surface area contributed by atoms with Crippen LogP contribution >= 0.6 is 11.6 Å². The third-order valence-corrected chi connectivity index (χ3v) is 2.73. The predicted octanol–water partition coefficient (Wildman–Crippen LogP) is 3.32. The monoisotopic (exact) mass is 278 g/mol. The third-order valence-electron chi connectivity index (χ3n) is 2.49. The maximum atomic E-state index is 10.9. The standard InChI is InChI=1S/C14H11ClO4/c15-10-3-1-2-9(6-10)8-19-11-4-5-13(16)12(7-11)14(17)18/h1-7,16H,8H2,(H,17,18). The Bertz CT molecular complexity index is 610. The minimum absolute atomic E-state index is 0.191. The lowest BCUT2D eigenvalue weighted by atomic mass is 10.2. The van der Waals surface area contributed by atoms with E-state index in [1.54, 1.807) is 18.2 Å². The van der Waals surface area contributed by atoms with Gasteiger partial charge in [0.15, 0.2) is 0 Å². The fraction of sp³-hybridized carbons (Fsp3) is 0.0714. The number of benzene rings is 2. The van der Waals surface area contributed by atoms with Crippen LogP contribution in [0, 0.1) is 0 Å². The number of hydrogen-bond acceptors (Lipinski definition) is 3. The van der Waals surface area contributed by atoms with Gasteiger partial charge < -0.3 is 14.9 Å². The van der Waals surface area contributed by atoms with Gasteiger partial charge in [-0.3, -0.25) is 0 Å². The highest BCUT2D eigenvalue weighted by Gasteiger charge is 2.10. The van der Waals surface area contributed by atoms with Crippen LogP contribution in [0.15, 0.2) is 42.5 Å². The summed E-state index contributed by atoms with van der Waals surface area (Å²) in [5.41, 5.74) is 0.682. The molecule has 0 aromatic heterocycles. The molecule has 0 atom stereocenters. The first kappa shape index (κ1) is 13.2. The van der Waals surface area contributed by atoms with E-state index in [-0.39, 0.29) is 17.9 Å². The number of aromatic hydroxyl groups is 1. The van der Waals surface area contributed by atoms with Gasteiger partial charge in [0, 0.05) is 5.02 Å². The van der Waals surface area contributed by atoms with Crippen LogP contribution in [0.4, 0.5) is 0 Å². The molecule has 0 radical (unpaired) electrons. The van der Waals surface area contributed by atoms with Crippen molar-refractivity contribution in [1.82, 2.24) is 0 Å². The Hall–Kier alpha value is -2.20. The second-order valence-electron chi connectivity index (χ2n) is 3.90. The first-order chi connectivity index (χ1) is 9.06. The third kappa shape index (κ3) is 3.39. The molecule has 2 N–H and O–H groups in total. The normalized spacial score (nSPS) is 10.2. The molecule has 0 saturated heterocycles. The lowest BCUT2D eigenvalue weighted by Gasteiger charge is -2.08. The predicted molar refractivity (Wildman–Crippen MR) is 70.9 cm³/mol. The molecule has 19 heavy (non-hydrogen) atoms. The molecule has 2 rings (SSSR count). The van der Waals surface area contributed by atoms with Crippen molar-refractivity contribution in [2.45, 2.75) is 6.61 Å². The zero-order valence-corrected chi connectivity index (χ0v) is 10.6. The Kier molecular flexibility index (Phi) is 3.92. The zero-order chi connectivity index (χ0) is 13.8. The van der Waals surface area contributed by atoms with Gasteiger partial charge in [-0.25, -0.2) is 4.79 Å². The number of halogens is 1. The largest absolute Gasteiger partial charge is 0.507 e. The summed E-state index contributed by atoms with van der Waals surface area (Å²) >= 11 is 5.85. The smallest absolute Gasteiger partial charge is 0.339 e. The number of aromatic carboxylic acids is 1. The van der Waals surface area contributed by atoms with E-state index in [2.05, 4.69) is 0 Å². The molecule has 4 nitrogen and oxygen atoms in total. The molecule has 0 aliphatic rings. The average molecular weight is 279 g/mol. The van der Waals surface area contributed by atoms with Crippen molar-refractivity contribution in [1.29, 1.82) is 0 Å².